The smallest absolute Gasteiger partial charge is 0.322 e. The minimum Gasteiger partial charge on any atom is -0.391 e. The molecule has 0 bridgehead atoms. The number of nitrogens with zero attached hydrogens (tertiary/aromatic N) is 2. The van der Waals surface area contributed by atoms with Crippen LogP contribution in [0.5, 0.6) is 0 Å². The number of fused-ring (bicyclic) bond motifs is 1. The van der Waals surface area contributed by atoms with Gasteiger partial charge in [0.25, 0.3) is 0 Å². The van der Waals surface area contributed by atoms with Gasteiger partial charge in [0.15, 0.2) is 0 Å². The number of aliphatic hydroxyl groups excluding tert-OH is 1. The maximum absolute atomic E-state index is 15.6. The Morgan fingerprint density at radius 2 is 1.68 bits per heavy atom. The molecule has 11 heteroatoms. The third kappa shape index (κ3) is 7.58. The molecule has 6 rings (SSSR count). The summed E-state index contributed by atoms with van der Waals surface area (Å²) in [5.74, 6) is -0.823. The van der Waals surface area contributed by atoms with Crippen LogP contribution < -0.4 is 15.4 Å². The lowest BCUT2D eigenvalue weighted by molar-refractivity contribution is -0.119. The Morgan fingerprint density at radius 3 is 2.42 bits per heavy atom. The molecule has 0 spiro atoms. The van der Waals surface area contributed by atoms with Crippen molar-refractivity contribution in [1.82, 2.24) is 9.62 Å². The van der Waals surface area contributed by atoms with E-state index in [0.29, 0.717) is 34.7 Å². The van der Waals surface area contributed by atoms with Crippen molar-refractivity contribution < 1.29 is 23.3 Å². The number of urea groups is 1. The predicted molar refractivity (Wildman–Crippen MR) is 194 cm³/mol. The van der Waals surface area contributed by atoms with Gasteiger partial charge in [0, 0.05) is 18.4 Å². The number of carbonyl (C=O) groups excluding carboxylic acids is 2. The van der Waals surface area contributed by atoms with Crippen molar-refractivity contribution in [2.24, 2.45) is 5.92 Å². The van der Waals surface area contributed by atoms with Crippen molar-refractivity contribution in [2.75, 3.05) is 17.2 Å². The highest BCUT2D eigenvalue weighted by Gasteiger charge is 2.42. The number of hydrogen-bond acceptors (Lipinski definition) is 5. The fourth-order valence-corrected chi connectivity index (χ4v) is 7.49. The van der Waals surface area contributed by atoms with Crippen LogP contribution in [0.15, 0.2) is 84.9 Å². The lowest BCUT2D eigenvalue weighted by atomic mass is 9.79. The van der Waals surface area contributed by atoms with E-state index in [4.69, 9.17) is 0 Å². The number of β-amino-alcohol motifs (C(OH)–C–C–N with tert-alkyl or cyclic N) is 1. The highest BCUT2D eigenvalue weighted by Crippen LogP contribution is 2.43. The van der Waals surface area contributed by atoms with Crippen molar-refractivity contribution >= 4 is 45.1 Å². The van der Waals surface area contributed by atoms with Gasteiger partial charge in [0.1, 0.15) is 11.9 Å². The van der Waals surface area contributed by atoms with E-state index in [1.165, 1.54) is 17.0 Å². The van der Waals surface area contributed by atoms with E-state index in [-0.39, 0.29) is 18.7 Å². The zero-order chi connectivity index (χ0) is 35.6. The molecule has 4 aromatic carbocycles. The molecule has 0 radical (unpaired) electrons. The van der Waals surface area contributed by atoms with Crippen molar-refractivity contribution in [3.8, 4) is 6.07 Å². The van der Waals surface area contributed by atoms with Crippen LogP contribution in [0.25, 0.3) is 10.8 Å². The lowest BCUT2D eigenvalue weighted by Gasteiger charge is -2.38. The van der Waals surface area contributed by atoms with E-state index < -0.39 is 51.2 Å². The van der Waals surface area contributed by atoms with E-state index in [1.807, 2.05) is 63.2 Å². The number of nitriles is 1. The first-order valence-electron chi connectivity index (χ1n) is 16.9. The van der Waals surface area contributed by atoms with E-state index >= 15 is 4.39 Å². The Labute approximate surface area is 294 Å². The van der Waals surface area contributed by atoms with Gasteiger partial charge in [-0.1, -0.05) is 67.4 Å². The van der Waals surface area contributed by atoms with Gasteiger partial charge in [-0.2, -0.15) is 5.26 Å². The van der Waals surface area contributed by atoms with Gasteiger partial charge in [0.2, 0.25) is 5.91 Å². The first-order chi connectivity index (χ1) is 23.9. The fraction of sp³-hybridized carbons (Fsp3) is 0.359. The summed E-state index contributed by atoms with van der Waals surface area (Å²) in [6, 6.07) is 25.2. The molecule has 1 aliphatic carbocycles. The topological polar surface area (TPSA) is 135 Å². The van der Waals surface area contributed by atoms with Gasteiger partial charge in [-0.3, -0.25) is 4.79 Å². The van der Waals surface area contributed by atoms with Crippen molar-refractivity contribution in [3.05, 3.63) is 107 Å². The van der Waals surface area contributed by atoms with Crippen LogP contribution in [-0.4, -0.2) is 49.6 Å². The molecule has 2 unspecified atom stereocenters. The minimum absolute atomic E-state index is 0.0193. The molecule has 0 aromatic heterocycles. The summed E-state index contributed by atoms with van der Waals surface area (Å²) >= 11 is 0. The maximum atomic E-state index is 15.6. The molecule has 50 heavy (non-hydrogen) atoms. The predicted octanol–water partition coefficient (Wildman–Crippen LogP) is 6.94. The van der Waals surface area contributed by atoms with Crippen LogP contribution in [0.4, 0.5) is 20.6 Å². The SMILES string of the molecule is CC(C)(C)S(=O)NC(CCC1CC1)(c1cccc(C#N)c1)c1ccc(F)c(NC(=O)[C@H]2C[C@@H](O)CN2C(=O)Nc2cccc3ccccc23)c1. The zero-order valence-electron chi connectivity index (χ0n) is 28.4. The summed E-state index contributed by atoms with van der Waals surface area (Å²) in [4.78, 5) is 28.6. The fourth-order valence-electron chi connectivity index (χ4n) is 6.53. The van der Waals surface area contributed by atoms with Crippen LogP contribution in [-0.2, 0) is 21.3 Å². The zero-order valence-corrected chi connectivity index (χ0v) is 29.2. The summed E-state index contributed by atoms with van der Waals surface area (Å²) in [6.45, 7) is 5.52. The Morgan fingerprint density at radius 1 is 0.960 bits per heavy atom. The number of aliphatic hydroxyl groups is 1. The van der Waals surface area contributed by atoms with Crippen LogP contribution in [0.1, 0.15) is 69.6 Å². The molecule has 4 N–H and O–H groups in total. The Kier molecular flexibility index (Phi) is 10.1. The number of hydrogen-bond donors (Lipinski definition) is 4. The van der Waals surface area contributed by atoms with Crippen molar-refractivity contribution in [3.63, 3.8) is 0 Å². The minimum atomic E-state index is -1.57. The second kappa shape index (κ2) is 14.3. The van der Waals surface area contributed by atoms with E-state index in [0.717, 1.165) is 30.0 Å². The molecule has 4 aromatic rings. The summed E-state index contributed by atoms with van der Waals surface area (Å²) < 4.78 is 32.1. The van der Waals surface area contributed by atoms with E-state index in [2.05, 4.69) is 21.4 Å². The number of carbonyl (C=O) groups is 2. The van der Waals surface area contributed by atoms with Crippen LogP contribution in [0, 0.1) is 23.1 Å². The molecule has 260 valence electrons. The van der Waals surface area contributed by atoms with Crippen LogP contribution in [0.3, 0.4) is 0 Å². The molecular formula is C39H42FN5O4S. The van der Waals surface area contributed by atoms with E-state index in [1.54, 1.807) is 30.3 Å². The monoisotopic (exact) mass is 695 g/mol. The first kappa shape index (κ1) is 35.2. The standard InChI is InChI=1S/C39H42FN5O4S/c1-38(2,3)50(49)44-39(19-18-25-14-15-25,28-11-6-8-26(20-28)23-41)29-16-17-32(40)34(21-29)42-36(47)35-22-30(46)24-45(35)37(48)43-33-13-7-10-27-9-4-5-12-31(27)33/h4-13,16-17,20-21,25,30,35,44,46H,14-15,18-19,22,24H2,1-3H3,(H,42,47)(H,43,48)/t30-,35-,39?,50?/m1/s1. The lowest BCUT2D eigenvalue weighted by Crippen LogP contribution is -2.49. The maximum Gasteiger partial charge on any atom is 0.322 e. The van der Waals surface area contributed by atoms with E-state index in [9.17, 15) is 24.2 Å². The first-order valence-corrected chi connectivity index (χ1v) is 18.1. The van der Waals surface area contributed by atoms with Gasteiger partial charge in [0.05, 0.1) is 50.4 Å². The van der Waals surface area contributed by atoms with Gasteiger partial charge in [-0.15, -0.1) is 0 Å². The highest BCUT2D eigenvalue weighted by atomic mass is 32.2. The molecule has 1 heterocycles. The third-order valence-corrected chi connectivity index (χ3v) is 11.2. The largest absolute Gasteiger partial charge is 0.391 e. The summed E-state index contributed by atoms with van der Waals surface area (Å²) in [5, 5.41) is 27.7. The molecule has 1 saturated carbocycles. The Bertz CT molecular complexity index is 1980. The second-order valence-corrected chi connectivity index (χ2v) is 16.2. The van der Waals surface area contributed by atoms with Crippen molar-refractivity contribution in [2.45, 2.75) is 75.3 Å². The number of rotatable bonds is 10. The average molecular weight is 696 g/mol. The number of amides is 3. The van der Waals surface area contributed by atoms with Crippen LogP contribution >= 0.6 is 0 Å². The Balaban J connectivity index is 1.32. The normalized spacial score (nSPS) is 19.4. The van der Waals surface area contributed by atoms with Gasteiger partial charge < -0.3 is 20.6 Å². The quantitative estimate of drug-likeness (QED) is 0.143. The molecule has 2 fully saturated rings. The summed E-state index contributed by atoms with van der Waals surface area (Å²) in [7, 11) is -1.57. The molecule has 1 saturated heterocycles. The average Bonchev–Trinajstić information content (AvgIpc) is 3.85. The third-order valence-electron chi connectivity index (χ3n) is 9.52. The molecule has 9 nitrogen and oxygen atoms in total. The number of likely N-dealkylation sites (tertiary alicyclic amines) is 1. The number of benzene rings is 4. The van der Waals surface area contributed by atoms with Crippen molar-refractivity contribution in [1.29, 1.82) is 5.26 Å². The molecule has 1 aliphatic heterocycles. The number of nitrogens with one attached hydrogen (secondary N) is 3. The second-order valence-electron chi connectivity index (χ2n) is 14.3. The molecular weight excluding hydrogens is 654 g/mol. The summed E-state index contributed by atoms with van der Waals surface area (Å²) in [6.07, 6.45) is 2.56. The molecule has 4 atom stereocenters. The number of anilines is 2. The molecule has 2 aliphatic rings. The number of halogens is 1. The Hall–Kier alpha value is -4.63. The molecule has 3 amide bonds. The van der Waals surface area contributed by atoms with Gasteiger partial charge >= 0.3 is 6.03 Å². The highest BCUT2D eigenvalue weighted by molar-refractivity contribution is 7.84. The van der Waals surface area contributed by atoms with Gasteiger partial charge in [-0.25, -0.2) is 18.1 Å². The summed E-state index contributed by atoms with van der Waals surface area (Å²) in [5.41, 5.74) is 1.07. The van der Waals surface area contributed by atoms with Gasteiger partial charge in [-0.05, 0) is 86.4 Å². The van der Waals surface area contributed by atoms with Crippen LogP contribution in [0.2, 0.25) is 0 Å².